The highest BCUT2D eigenvalue weighted by atomic mass is 32.1. The van der Waals surface area contributed by atoms with E-state index in [4.69, 9.17) is 4.74 Å². The maximum Gasteiger partial charge on any atom is 0.147 e. The molecule has 3 rings (SSSR count). The highest BCUT2D eigenvalue weighted by Gasteiger charge is 2.14. The normalized spacial score (nSPS) is 11.4. The van der Waals surface area contributed by atoms with Crippen LogP contribution in [0, 0.1) is 13.8 Å². The summed E-state index contributed by atoms with van der Waals surface area (Å²) >= 11 is 1.66. The van der Waals surface area contributed by atoms with E-state index in [9.17, 15) is 0 Å². The summed E-state index contributed by atoms with van der Waals surface area (Å²) in [6.07, 6.45) is 2.58. The summed E-state index contributed by atoms with van der Waals surface area (Å²) in [6, 6.07) is 2.10. The van der Waals surface area contributed by atoms with Crippen molar-refractivity contribution in [2.24, 2.45) is 0 Å². The SMILES string of the molecule is CCOCCCNc1ncnc2c1sc1nc(C)cc(C)c12. The molecule has 0 saturated heterocycles. The highest BCUT2D eigenvalue weighted by Crippen LogP contribution is 2.36. The van der Waals surface area contributed by atoms with Crippen LogP contribution in [0.2, 0.25) is 0 Å². The van der Waals surface area contributed by atoms with Gasteiger partial charge in [0.05, 0.1) is 10.2 Å². The van der Waals surface area contributed by atoms with Crippen molar-refractivity contribution in [3.8, 4) is 0 Å². The van der Waals surface area contributed by atoms with Crippen molar-refractivity contribution in [2.45, 2.75) is 27.2 Å². The number of pyridine rings is 1. The quantitative estimate of drug-likeness (QED) is 0.703. The first kappa shape index (κ1) is 15.1. The Balaban J connectivity index is 1.93. The van der Waals surface area contributed by atoms with Crippen molar-refractivity contribution in [1.82, 2.24) is 15.0 Å². The molecule has 3 heterocycles. The summed E-state index contributed by atoms with van der Waals surface area (Å²) in [5.41, 5.74) is 3.25. The van der Waals surface area contributed by atoms with Crippen molar-refractivity contribution >= 4 is 37.6 Å². The van der Waals surface area contributed by atoms with Gasteiger partial charge in [-0.2, -0.15) is 0 Å². The molecule has 0 unspecified atom stereocenters. The predicted molar refractivity (Wildman–Crippen MR) is 91.8 cm³/mol. The fraction of sp³-hybridized carbons (Fsp3) is 0.438. The van der Waals surface area contributed by atoms with Crippen LogP contribution >= 0.6 is 11.3 Å². The molecule has 5 nitrogen and oxygen atoms in total. The lowest BCUT2D eigenvalue weighted by Crippen LogP contribution is -2.07. The fourth-order valence-corrected chi connectivity index (χ4v) is 3.78. The lowest BCUT2D eigenvalue weighted by molar-refractivity contribution is 0.147. The second kappa shape index (κ2) is 6.54. The molecule has 0 aromatic carbocycles. The van der Waals surface area contributed by atoms with Gasteiger partial charge in [-0.1, -0.05) is 0 Å². The molecule has 6 heteroatoms. The van der Waals surface area contributed by atoms with Crippen molar-refractivity contribution in [3.05, 3.63) is 23.7 Å². The molecular formula is C16H20N4OS. The molecule has 0 saturated carbocycles. The number of fused-ring (bicyclic) bond motifs is 3. The zero-order valence-electron chi connectivity index (χ0n) is 13.1. The summed E-state index contributed by atoms with van der Waals surface area (Å²) in [7, 11) is 0. The Morgan fingerprint density at radius 3 is 2.95 bits per heavy atom. The maximum absolute atomic E-state index is 5.36. The molecule has 3 aromatic rings. The molecule has 0 fully saturated rings. The fourth-order valence-electron chi connectivity index (χ4n) is 2.56. The minimum absolute atomic E-state index is 0.762. The zero-order chi connectivity index (χ0) is 15.5. The van der Waals surface area contributed by atoms with Crippen LogP contribution in [0.4, 0.5) is 5.82 Å². The lowest BCUT2D eigenvalue weighted by atomic mass is 10.1. The zero-order valence-corrected chi connectivity index (χ0v) is 14.0. The minimum atomic E-state index is 0.762. The minimum Gasteiger partial charge on any atom is -0.382 e. The summed E-state index contributed by atoms with van der Waals surface area (Å²) < 4.78 is 6.43. The lowest BCUT2D eigenvalue weighted by Gasteiger charge is -2.06. The Labute approximate surface area is 133 Å². The van der Waals surface area contributed by atoms with Crippen LogP contribution in [-0.2, 0) is 4.74 Å². The van der Waals surface area contributed by atoms with Gasteiger partial charge in [0, 0.05) is 30.8 Å². The van der Waals surface area contributed by atoms with E-state index in [1.807, 2.05) is 13.8 Å². The monoisotopic (exact) mass is 316 g/mol. The molecule has 0 bridgehead atoms. The van der Waals surface area contributed by atoms with Gasteiger partial charge >= 0.3 is 0 Å². The summed E-state index contributed by atoms with van der Waals surface area (Å²) in [5, 5.41) is 4.54. The van der Waals surface area contributed by atoms with Gasteiger partial charge in [0.1, 0.15) is 17.0 Å². The number of ether oxygens (including phenoxy) is 1. The van der Waals surface area contributed by atoms with E-state index in [2.05, 4.69) is 33.3 Å². The van der Waals surface area contributed by atoms with Crippen LogP contribution in [0.5, 0.6) is 0 Å². The third-order valence-electron chi connectivity index (χ3n) is 3.51. The molecule has 0 atom stereocenters. The number of rotatable bonds is 6. The number of hydrogen-bond acceptors (Lipinski definition) is 6. The number of thiophene rings is 1. The van der Waals surface area contributed by atoms with Crippen LogP contribution in [0.1, 0.15) is 24.6 Å². The van der Waals surface area contributed by atoms with Gasteiger partial charge in [-0.05, 0) is 38.8 Å². The predicted octanol–water partition coefficient (Wildman–Crippen LogP) is 3.69. The standard InChI is InChI=1S/C16H20N4OS/c1-4-21-7-5-6-17-15-14-13(18-9-19-15)12-10(2)8-11(3)20-16(12)22-14/h8-9H,4-7H2,1-3H3,(H,17,18,19). The number of aryl methyl sites for hydroxylation is 2. The average molecular weight is 316 g/mol. The average Bonchev–Trinajstić information content (AvgIpc) is 2.86. The second-order valence-electron chi connectivity index (χ2n) is 5.24. The van der Waals surface area contributed by atoms with Crippen molar-refractivity contribution in [1.29, 1.82) is 0 Å². The Kier molecular flexibility index (Phi) is 4.49. The van der Waals surface area contributed by atoms with Crippen LogP contribution < -0.4 is 5.32 Å². The molecule has 0 aliphatic heterocycles. The van der Waals surface area contributed by atoms with E-state index in [0.29, 0.717) is 0 Å². The molecule has 0 amide bonds. The van der Waals surface area contributed by atoms with E-state index in [0.717, 1.165) is 58.1 Å². The molecule has 3 aromatic heterocycles. The highest BCUT2D eigenvalue weighted by molar-refractivity contribution is 7.26. The molecule has 116 valence electrons. The number of nitrogens with zero attached hydrogens (tertiary/aromatic N) is 3. The second-order valence-corrected chi connectivity index (χ2v) is 6.24. The number of hydrogen-bond donors (Lipinski definition) is 1. The number of anilines is 1. The van der Waals surface area contributed by atoms with Gasteiger partial charge in [0.25, 0.3) is 0 Å². The third-order valence-corrected chi connectivity index (χ3v) is 4.59. The van der Waals surface area contributed by atoms with E-state index in [1.165, 1.54) is 5.56 Å². The molecule has 0 spiro atoms. The summed E-state index contributed by atoms with van der Waals surface area (Å²) in [5.74, 6) is 0.890. The Bertz CT molecular complexity index is 800. The van der Waals surface area contributed by atoms with Gasteiger partial charge in [-0.25, -0.2) is 15.0 Å². The van der Waals surface area contributed by atoms with Gasteiger partial charge in [0.15, 0.2) is 0 Å². The largest absolute Gasteiger partial charge is 0.382 e. The molecule has 0 aliphatic carbocycles. The first-order valence-corrected chi connectivity index (χ1v) is 8.35. The Morgan fingerprint density at radius 2 is 2.14 bits per heavy atom. The van der Waals surface area contributed by atoms with Gasteiger partial charge in [0.2, 0.25) is 0 Å². The Morgan fingerprint density at radius 1 is 1.27 bits per heavy atom. The van der Waals surface area contributed by atoms with Gasteiger partial charge < -0.3 is 10.1 Å². The van der Waals surface area contributed by atoms with Crippen LogP contribution in [0.25, 0.3) is 20.4 Å². The van der Waals surface area contributed by atoms with E-state index in [-0.39, 0.29) is 0 Å². The van der Waals surface area contributed by atoms with Crippen LogP contribution in [0.3, 0.4) is 0 Å². The molecule has 22 heavy (non-hydrogen) atoms. The van der Waals surface area contributed by atoms with Crippen molar-refractivity contribution < 1.29 is 4.74 Å². The molecular weight excluding hydrogens is 296 g/mol. The molecule has 0 aliphatic rings. The first-order valence-electron chi connectivity index (χ1n) is 7.53. The summed E-state index contributed by atoms with van der Waals surface area (Å²) in [4.78, 5) is 14.5. The molecule has 1 N–H and O–H groups in total. The smallest absolute Gasteiger partial charge is 0.147 e. The van der Waals surface area contributed by atoms with Crippen LogP contribution in [0.15, 0.2) is 12.4 Å². The number of nitrogens with one attached hydrogen (secondary N) is 1. The van der Waals surface area contributed by atoms with Gasteiger partial charge in [-0.15, -0.1) is 11.3 Å². The summed E-state index contributed by atoms with van der Waals surface area (Å²) in [6.45, 7) is 8.51. The van der Waals surface area contributed by atoms with Crippen LogP contribution in [-0.4, -0.2) is 34.7 Å². The maximum atomic E-state index is 5.36. The van der Waals surface area contributed by atoms with Gasteiger partial charge in [-0.3, -0.25) is 0 Å². The van der Waals surface area contributed by atoms with E-state index >= 15 is 0 Å². The van der Waals surface area contributed by atoms with E-state index < -0.39 is 0 Å². The number of aromatic nitrogens is 3. The Hall–Kier alpha value is -1.79. The van der Waals surface area contributed by atoms with E-state index in [1.54, 1.807) is 17.7 Å². The third kappa shape index (κ3) is 2.89. The molecule has 0 radical (unpaired) electrons. The van der Waals surface area contributed by atoms with Crippen molar-refractivity contribution in [2.75, 3.05) is 25.1 Å². The van der Waals surface area contributed by atoms with Crippen molar-refractivity contribution in [3.63, 3.8) is 0 Å². The first-order chi connectivity index (χ1) is 10.7. The topological polar surface area (TPSA) is 59.9 Å².